The highest BCUT2D eigenvalue weighted by molar-refractivity contribution is 6.00. The number of aromatic nitrogens is 2. The molecule has 0 saturated carbocycles. The molecule has 1 fully saturated rings. The molecule has 3 heterocycles. The minimum atomic E-state index is -0.319. The summed E-state index contributed by atoms with van der Waals surface area (Å²) in [7, 11) is 0. The second-order valence-electron chi connectivity index (χ2n) is 11.6. The van der Waals surface area contributed by atoms with Crippen LogP contribution in [0.2, 0.25) is 0 Å². The van der Waals surface area contributed by atoms with Crippen molar-refractivity contribution >= 4 is 23.4 Å². The summed E-state index contributed by atoms with van der Waals surface area (Å²) in [6.45, 7) is 9.74. The molecule has 3 amide bonds. The smallest absolute Gasteiger partial charge is 0.324 e. The van der Waals surface area contributed by atoms with Crippen molar-refractivity contribution < 1.29 is 14.0 Å². The fraction of sp³-hybridized carbons (Fsp3) is 0.344. The average molecular weight is 540 g/mol. The molecule has 1 aliphatic heterocycles. The number of hydrogen-bond donors (Lipinski definition) is 2. The molecule has 0 spiro atoms. The first-order valence-corrected chi connectivity index (χ1v) is 13.8. The number of benzene rings is 2. The molecule has 208 valence electrons. The lowest BCUT2D eigenvalue weighted by Crippen LogP contribution is -2.38. The number of nitrogens with zero attached hydrogens (tertiary/aromatic N) is 3. The van der Waals surface area contributed by atoms with E-state index >= 15 is 0 Å². The van der Waals surface area contributed by atoms with Crippen LogP contribution in [0.3, 0.4) is 0 Å². The summed E-state index contributed by atoms with van der Waals surface area (Å²) in [6.07, 6.45) is 4.16. The van der Waals surface area contributed by atoms with E-state index in [1.165, 1.54) is 6.26 Å². The first-order chi connectivity index (χ1) is 19.2. The van der Waals surface area contributed by atoms with Crippen molar-refractivity contribution in [2.75, 3.05) is 23.7 Å². The summed E-state index contributed by atoms with van der Waals surface area (Å²) in [6, 6.07) is 21.0. The lowest BCUT2D eigenvalue weighted by atomic mass is 9.89. The number of carbonyl (C=O) groups excluding carboxylic acids is 2. The zero-order valence-electron chi connectivity index (χ0n) is 23.6. The number of rotatable bonds is 6. The molecule has 2 aromatic carbocycles. The van der Waals surface area contributed by atoms with Crippen molar-refractivity contribution in [3.05, 3.63) is 95.6 Å². The third kappa shape index (κ3) is 6.28. The molecule has 2 N–H and O–H groups in total. The van der Waals surface area contributed by atoms with Gasteiger partial charge in [0.15, 0.2) is 5.76 Å². The molecule has 8 heteroatoms. The Morgan fingerprint density at radius 1 is 0.975 bits per heavy atom. The van der Waals surface area contributed by atoms with E-state index in [2.05, 4.69) is 37.5 Å². The normalized spacial score (nSPS) is 14.2. The number of urea groups is 1. The van der Waals surface area contributed by atoms with Crippen LogP contribution in [0.5, 0.6) is 0 Å². The van der Waals surface area contributed by atoms with E-state index < -0.39 is 0 Å². The number of likely N-dealkylation sites (tertiary alicyclic amines) is 1. The maximum absolute atomic E-state index is 13.2. The highest BCUT2D eigenvalue weighted by atomic mass is 16.3. The number of amides is 3. The number of piperidine rings is 1. The first-order valence-electron chi connectivity index (χ1n) is 13.8. The van der Waals surface area contributed by atoms with Gasteiger partial charge in [0.05, 0.1) is 17.6 Å². The Morgan fingerprint density at radius 2 is 1.70 bits per heavy atom. The molecule has 5 rings (SSSR count). The van der Waals surface area contributed by atoms with Crippen LogP contribution < -0.4 is 10.6 Å². The fourth-order valence-corrected chi connectivity index (χ4v) is 5.02. The van der Waals surface area contributed by atoms with Gasteiger partial charge >= 0.3 is 6.03 Å². The van der Waals surface area contributed by atoms with Crippen LogP contribution in [-0.2, 0) is 11.8 Å². The SMILES string of the molecule is Cc1ccc(-n2nc(C(C)(C)C)cc2NC(=O)Nc2ccccc2CC2CCN(C(=O)c3ccco3)CC2)cc1. The van der Waals surface area contributed by atoms with Gasteiger partial charge in [-0.3, -0.25) is 10.1 Å². The molecule has 8 nitrogen and oxygen atoms in total. The Bertz CT molecular complexity index is 1460. The quantitative estimate of drug-likeness (QED) is 0.282. The first kappa shape index (κ1) is 27.2. The number of furan rings is 1. The zero-order valence-corrected chi connectivity index (χ0v) is 23.6. The van der Waals surface area contributed by atoms with E-state index in [0.717, 1.165) is 47.5 Å². The van der Waals surface area contributed by atoms with Gasteiger partial charge in [-0.25, -0.2) is 9.48 Å². The molecule has 0 atom stereocenters. The zero-order chi connectivity index (χ0) is 28.3. The maximum atomic E-state index is 13.2. The van der Waals surface area contributed by atoms with Crippen molar-refractivity contribution in [3.8, 4) is 5.69 Å². The minimum Gasteiger partial charge on any atom is -0.459 e. The molecule has 0 unspecified atom stereocenters. The third-order valence-electron chi connectivity index (χ3n) is 7.41. The molecule has 4 aromatic rings. The van der Waals surface area contributed by atoms with Gasteiger partial charge in [-0.1, -0.05) is 56.7 Å². The van der Waals surface area contributed by atoms with Crippen molar-refractivity contribution in [2.24, 2.45) is 5.92 Å². The summed E-state index contributed by atoms with van der Waals surface area (Å²) >= 11 is 0. The lowest BCUT2D eigenvalue weighted by molar-refractivity contribution is 0.0658. The number of carbonyl (C=O) groups is 2. The van der Waals surface area contributed by atoms with Crippen molar-refractivity contribution in [3.63, 3.8) is 0 Å². The van der Waals surface area contributed by atoms with E-state index in [4.69, 9.17) is 9.52 Å². The molecule has 0 aliphatic carbocycles. The van der Waals surface area contributed by atoms with E-state index in [1.54, 1.807) is 16.8 Å². The van der Waals surface area contributed by atoms with Crippen LogP contribution in [0.1, 0.15) is 61.0 Å². The van der Waals surface area contributed by atoms with E-state index in [1.807, 2.05) is 60.4 Å². The summed E-state index contributed by atoms with van der Waals surface area (Å²) in [5, 5.41) is 10.9. The highest BCUT2D eigenvalue weighted by Crippen LogP contribution is 2.28. The minimum absolute atomic E-state index is 0.0540. The number of aryl methyl sites for hydroxylation is 1. The molecular formula is C32H37N5O3. The Kier molecular flexibility index (Phi) is 7.78. The van der Waals surface area contributed by atoms with Gasteiger partial charge in [-0.15, -0.1) is 0 Å². The summed E-state index contributed by atoms with van der Waals surface area (Å²) in [4.78, 5) is 27.7. The predicted octanol–water partition coefficient (Wildman–Crippen LogP) is 6.81. The van der Waals surface area contributed by atoms with Gasteiger partial charge < -0.3 is 14.6 Å². The Hall–Kier alpha value is -4.33. The van der Waals surface area contributed by atoms with Gasteiger partial charge in [0.1, 0.15) is 5.82 Å². The lowest BCUT2D eigenvalue weighted by Gasteiger charge is -2.31. The standard InChI is InChI=1S/C32H37N5O3/c1-22-11-13-25(14-12-22)37-29(21-28(35-37)32(2,3)4)34-31(39)33-26-9-6-5-8-24(26)20-23-15-17-36(18-16-23)30(38)27-10-7-19-40-27/h5-14,19,21,23H,15-18,20H2,1-4H3,(H2,33,34,39). The topological polar surface area (TPSA) is 92.4 Å². The second kappa shape index (κ2) is 11.4. The molecule has 1 aliphatic rings. The van der Waals surface area contributed by atoms with E-state index in [-0.39, 0.29) is 17.4 Å². The van der Waals surface area contributed by atoms with Gasteiger partial charge in [-0.2, -0.15) is 5.10 Å². The van der Waals surface area contributed by atoms with Crippen molar-refractivity contribution in [1.82, 2.24) is 14.7 Å². The summed E-state index contributed by atoms with van der Waals surface area (Å²) in [5.41, 5.74) is 4.62. The maximum Gasteiger partial charge on any atom is 0.324 e. The molecular weight excluding hydrogens is 502 g/mol. The van der Waals surface area contributed by atoms with Gasteiger partial charge in [0, 0.05) is 30.3 Å². The largest absolute Gasteiger partial charge is 0.459 e. The monoisotopic (exact) mass is 539 g/mol. The molecule has 0 bridgehead atoms. The average Bonchev–Trinajstić information content (AvgIpc) is 3.61. The van der Waals surface area contributed by atoms with Crippen molar-refractivity contribution in [1.29, 1.82) is 0 Å². The van der Waals surface area contributed by atoms with Crippen LogP contribution in [0, 0.1) is 12.8 Å². The fourth-order valence-electron chi connectivity index (χ4n) is 5.02. The molecule has 2 aromatic heterocycles. The summed E-state index contributed by atoms with van der Waals surface area (Å²) < 4.78 is 7.06. The summed E-state index contributed by atoms with van der Waals surface area (Å²) in [5.74, 6) is 1.36. The van der Waals surface area contributed by atoms with Crippen LogP contribution in [0.25, 0.3) is 5.69 Å². The highest BCUT2D eigenvalue weighted by Gasteiger charge is 2.26. The van der Waals surface area contributed by atoms with E-state index in [9.17, 15) is 9.59 Å². The number of anilines is 2. The second-order valence-corrected chi connectivity index (χ2v) is 11.6. The van der Waals surface area contributed by atoms with Gasteiger partial charge in [-0.05, 0) is 68.0 Å². The van der Waals surface area contributed by atoms with Gasteiger partial charge in [0.2, 0.25) is 0 Å². The number of para-hydroxylation sites is 1. The third-order valence-corrected chi connectivity index (χ3v) is 7.41. The Balaban J connectivity index is 1.25. The Morgan fingerprint density at radius 3 is 2.38 bits per heavy atom. The van der Waals surface area contributed by atoms with Crippen LogP contribution in [0.15, 0.2) is 77.4 Å². The molecule has 1 saturated heterocycles. The number of hydrogen-bond acceptors (Lipinski definition) is 4. The van der Waals surface area contributed by atoms with Crippen molar-refractivity contribution in [2.45, 2.75) is 52.4 Å². The number of nitrogens with one attached hydrogen (secondary N) is 2. The predicted molar refractivity (Wildman–Crippen MR) is 157 cm³/mol. The van der Waals surface area contributed by atoms with E-state index in [0.29, 0.717) is 30.6 Å². The molecule has 40 heavy (non-hydrogen) atoms. The van der Waals surface area contributed by atoms with Crippen LogP contribution >= 0.6 is 0 Å². The van der Waals surface area contributed by atoms with Gasteiger partial charge in [0.25, 0.3) is 5.91 Å². The van der Waals surface area contributed by atoms with Crippen LogP contribution in [0.4, 0.5) is 16.3 Å². The Labute approximate surface area is 235 Å². The van der Waals surface area contributed by atoms with Crippen LogP contribution in [-0.4, -0.2) is 39.7 Å². The molecule has 0 radical (unpaired) electrons.